The molecule has 14 heavy (non-hydrogen) atoms. The van der Waals surface area contributed by atoms with Crippen LogP contribution in [0.3, 0.4) is 0 Å². The number of allylic oxidation sites excluding steroid dienone is 2. The number of carbonyl (C=O) groups excluding carboxylic acids is 1. The summed E-state index contributed by atoms with van der Waals surface area (Å²) in [5.41, 5.74) is 2.03. The number of hydrogen-bond donors (Lipinski definition) is 0. The van der Waals surface area contributed by atoms with Crippen LogP contribution in [-0.2, 0) is 4.79 Å². The standard InChI is InChI=1S/C13H22O/c1-11-8-12(6-4-5-7-14)10-13(2,3)9-11/h6-7,11H,4-5,8-10H2,1-3H3. The second-order valence-corrected chi connectivity index (χ2v) is 5.46. The molecule has 1 unspecified atom stereocenters. The van der Waals surface area contributed by atoms with Crippen molar-refractivity contribution in [3.05, 3.63) is 11.6 Å². The van der Waals surface area contributed by atoms with Gasteiger partial charge in [0.25, 0.3) is 0 Å². The Morgan fingerprint density at radius 3 is 2.71 bits per heavy atom. The molecule has 0 bridgehead atoms. The van der Waals surface area contributed by atoms with Crippen LogP contribution in [0.4, 0.5) is 0 Å². The van der Waals surface area contributed by atoms with E-state index in [0.717, 1.165) is 18.6 Å². The van der Waals surface area contributed by atoms with Gasteiger partial charge in [0.2, 0.25) is 0 Å². The Labute approximate surface area is 87.6 Å². The second-order valence-electron chi connectivity index (χ2n) is 5.46. The van der Waals surface area contributed by atoms with Crippen molar-refractivity contribution in [3.8, 4) is 0 Å². The highest BCUT2D eigenvalue weighted by Gasteiger charge is 2.27. The summed E-state index contributed by atoms with van der Waals surface area (Å²) in [6, 6.07) is 0. The van der Waals surface area contributed by atoms with E-state index < -0.39 is 0 Å². The van der Waals surface area contributed by atoms with Crippen LogP contribution in [0.1, 0.15) is 52.9 Å². The van der Waals surface area contributed by atoms with Gasteiger partial charge in [-0.15, -0.1) is 0 Å². The van der Waals surface area contributed by atoms with Crippen molar-refractivity contribution in [2.24, 2.45) is 11.3 Å². The fourth-order valence-corrected chi connectivity index (χ4v) is 2.73. The normalized spacial score (nSPS) is 29.1. The molecule has 1 atom stereocenters. The Morgan fingerprint density at radius 2 is 2.14 bits per heavy atom. The topological polar surface area (TPSA) is 17.1 Å². The summed E-state index contributed by atoms with van der Waals surface area (Å²) in [5, 5.41) is 0. The average molecular weight is 194 g/mol. The van der Waals surface area contributed by atoms with Crippen LogP contribution in [0.25, 0.3) is 0 Å². The summed E-state index contributed by atoms with van der Waals surface area (Å²) in [5.74, 6) is 0.807. The molecule has 0 N–H and O–H groups in total. The zero-order valence-electron chi connectivity index (χ0n) is 9.68. The zero-order valence-corrected chi connectivity index (χ0v) is 9.68. The van der Waals surface area contributed by atoms with E-state index in [9.17, 15) is 4.79 Å². The van der Waals surface area contributed by atoms with Gasteiger partial charge in [-0.25, -0.2) is 0 Å². The Morgan fingerprint density at radius 1 is 1.43 bits per heavy atom. The first-order valence-electron chi connectivity index (χ1n) is 5.65. The van der Waals surface area contributed by atoms with Gasteiger partial charge in [-0.1, -0.05) is 32.4 Å². The number of carbonyl (C=O) groups is 1. The maximum Gasteiger partial charge on any atom is 0.120 e. The third-order valence-corrected chi connectivity index (χ3v) is 2.93. The van der Waals surface area contributed by atoms with Gasteiger partial charge in [-0.05, 0) is 37.0 Å². The highest BCUT2D eigenvalue weighted by molar-refractivity contribution is 5.49. The van der Waals surface area contributed by atoms with Gasteiger partial charge in [0.15, 0.2) is 0 Å². The van der Waals surface area contributed by atoms with E-state index in [0.29, 0.717) is 11.8 Å². The van der Waals surface area contributed by atoms with Crippen molar-refractivity contribution in [3.63, 3.8) is 0 Å². The van der Waals surface area contributed by atoms with E-state index in [-0.39, 0.29) is 0 Å². The average Bonchev–Trinajstić information content (AvgIpc) is 2.00. The molecule has 1 aliphatic carbocycles. The lowest BCUT2D eigenvalue weighted by Gasteiger charge is -2.35. The Hall–Kier alpha value is -0.590. The van der Waals surface area contributed by atoms with Crippen LogP contribution >= 0.6 is 0 Å². The molecule has 0 heterocycles. The van der Waals surface area contributed by atoms with E-state index in [1.807, 2.05) is 0 Å². The first kappa shape index (κ1) is 11.5. The summed E-state index contributed by atoms with van der Waals surface area (Å²) in [4.78, 5) is 10.2. The lowest BCUT2D eigenvalue weighted by molar-refractivity contribution is -0.107. The van der Waals surface area contributed by atoms with Crippen molar-refractivity contribution in [1.29, 1.82) is 0 Å². The number of aldehydes is 1. The molecule has 1 heteroatoms. The SMILES string of the molecule is CC1CC(=CCCC=O)CC(C)(C)C1. The number of hydrogen-bond acceptors (Lipinski definition) is 1. The molecule has 0 radical (unpaired) electrons. The highest BCUT2D eigenvalue weighted by atomic mass is 16.1. The molecule has 1 rings (SSSR count). The maximum absolute atomic E-state index is 10.2. The summed E-state index contributed by atoms with van der Waals surface area (Å²) in [6.07, 6.45) is 8.69. The van der Waals surface area contributed by atoms with E-state index >= 15 is 0 Å². The highest BCUT2D eigenvalue weighted by Crippen LogP contribution is 2.41. The van der Waals surface area contributed by atoms with Crippen LogP contribution < -0.4 is 0 Å². The largest absolute Gasteiger partial charge is 0.303 e. The van der Waals surface area contributed by atoms with Gasteiger partial charge in [0.1, 0.15) is 6.29 Å². The van der Waals surface area contributed by atoms with Gasteiger partial charge in [-0.2, -0.15) is 0 Å². The maximum atomic E-state index is 10.2. The van der Waals surface area contributed by atoms with Gasteiger partial charge in [-0.3, -0.25) is 0 Å². The molecule has 0 aromatic rings. The quantitative estimate of drug-likeness (QED) is 0.380. The fraction of sp³-hybridized carbons (Fsp3) is 0.769. The number of rotatable bonds is 3. The lowest BCUT2D eigenvalue weighted by atomic mass is 9.70. The lowest BCUT2D eigenvalue weighted by Crippen LogP contribution is -2.22. The van der Waals surface area contributed by atoms with Crippen molar-refractivity contribution in [1.82, 2.24) is 0 Å². The predicted octanol–water partition coefficient (Wildman–Crippen LogP) is 3.74. The fourth-order valence-electron chi connectivity index (χ4n) is 2.73. The smallest absolute Gasteiger partial charge is 0.120 e. The van der Waals surface area contributed by atoms with Gasteiger partial charge >= 0.3 is 0 Å². The second kappa shape index (κ2) is 4.77. The first-order valence-corrected chi connectivity index (χ1v) is 5.65. The zero-order chi connectivity index (χ0) is 10.6. The molecule has 0 aromatic heterocycles. The van der Waals surface area contributed by atoms with Crippen LogP contribution in [0, 0.1) is 11.3 Å². The van der Waals surface area contributed by atoms with Crippen LogP contribution in [0.2, 0.25) is 0 Å². The van der Waals surface area contributed by atoms with Gasteiger partial charge < -0.3 is 4.79 Å². The Balaban J connectivity index is 2.52. The molecule has 1 aliphatic rings. The molecule has 1 nitrogen and oxygen atoms in total. The monoisotopic (exact) mass is 194 g/mol. The molecular weight excluding hydrogens is 172 g/mol. The summed E-state index contributed by atoms with van der Waals surface area (Å²) in [7, 11) is 0. The van der Waals surface area contributed by atoms with Crippen LogP contribution in [0.5, 0.6) is 0 Å². The molecule has 0 aliphatic heterocycles. The Kier molecular flexibility index (Phi) is 3.91. The summed E-state index contributed by atoms with van der Waals surface area (Å²) >= 11 is 0. The van der Waals surface area contributed by atoms with E-state index in [4.69, 9.17) is 0 Å². The molecule has 1 fully saturated rings. The molecule has 80 valence electrons. The van der Waals surface area contributed by atoms with Crippen LogP contribution in [0.15, 0.2) is 11.6 Å². The van der Waals surface area contributed by atoms with Crippen molar-refractivity contribution < 1.29 is 4.79 Å². The minimum atomic E-state index is 0.463. The van der Waals surface area contributed by atoms with Crippen molar-refractivity contribution in [2.75, 3.05) is 0 Å². The van der Waals surface area contributed by atoms with Crippen molar-refractivity contribution >= 4 is 6.29 Å². The third kappa shape index (κ3) is 3.65. The van der Waals surface area contributed by atoms with E-state index in [1.54, 1.807) is 5.57 Å². The first-order chi connectivity index (χ1) is 6.53. The molecular formula is C13H22O. The number of unbranched alkanes of at least 4 members (excludes halogenated alkanes) is 1. The molecule has 0 saturated heterocycles. The van der Waals surface area contributed by atoms with Crippen LogP contribution in [-0.4, -0.2) is 6.29 Å². The molecule has 0 aromatic carbocycles. The third-order valence-electron chi connectivity index (χ3n) is 2.93. The molecule has 0 amide bonds. The Bertz CT molecular complexity index is 225. The van der Waals surface area contributed by atoms with E-state index in [1.165, 1.54) is 19.3 Å². The summed E-state index contributed by atoms with van der Waals surface area (Å²) in [6.45, 7) is 7.01. The predicted molar refractivity (Wildman–Crippen MR) is 60.2 cm³/mol. The minimum Gasteiger partial charge on any atom is -0.303 e. The molecule has 0 spiro atoms. The molecule has 1 saturated carbocycles. The minimum absolute atomic E-state index is 0.463. The van der Waals surface area contributed by atoms with Gasteiger partial charge in [0.05, 0.1) is 0 Å². The van der Waals surface area contributed by atoms with Crippen molar-refractivity contribution in [2.45, 2.75) is 52.9 Å². The van der Waals surface area contributed by atoms with E-state index in [2.05, 4.69) is 26.8 Å². The van der Waals surface area contributed by atoms with Gasteiger partial charge in [0, 0.05) is 6.42 Å². The summed E-state index contributed by atoms with van der Waals surface area (Å²) < 4.78 is 0.